The molecule has 4 unspecified atom stereocenters. The first-order valence-electron chi connectivity index (χ1n) is 4.82. The fraction of sp³-hybridized carbons (Fsp3) is 0.800. The van der Waals surface area contributed by atoms with E-state index in [1.165, 1.54) is 0 Å². The molecule has 3 aliphatic rings. The third-order valence-electron chi connectivity index (χ3n) is 3.95. The van der Waals surface area contributed by atoms with Crippen LogP contribution in [-0.4, -0.2) is 11.6 Å². The molecule has 2 heteroatoms. The maximum absolute atomic E-state index is 11.6. The smallest absolute Gasteiger partial charge is 0.139 e. The summed E-state index contributed by atoms with van der Waals surface area (Å²) in [7, 11) is 0. The quantitative estimate of drug-likeness (QED) is 0.539. The first-order chi connectivity index (χ1) is 5.75. The van der Waals surface area contributed by atoms with Gasteiger partial charge in [0.15, 0.2) is 0 Å². The molecule has 3 rings (SSSR count). The van der Waals surface area contributed by atoms with Crippen LogP contribution in [0.25, 0.3) is 0 Å². The van der Waals surface area contributed by atoms with E-state index in [9.17, 15) is 9.59 Å². The lowest BCUT2D eigenvalue weighted by Gasteiger charge is -2.31. The van der Waals surface area contributed by atoms with Gasteiger partial charge in [0.2, 0.25) is 0 Å². The third kappa shape index (κ3) is 0.661. The summed E-state index contributed by atoms with van der Waals surface area (Å²) in [6, 6.07) is 0. The second-order valence-corrected chi connectivity index (χ2v) is 4.54. The van der Waals surface area contributed by atoms with Gasteiger partial charge in [-0.25, -0.2) is 0 Å². The van der Waals surface area contributed by atoms with Crippen molar-refractivity contribution in [3.05, 3.63) is 0 Å². The Balaban J connectivity index is 2.06. The summed E-state index contributed by atoms with van der Waals surface area (Å²) in [5.74, 6) is 2.03. The number of hydrogen-bond acceptors (Lipinski definition) is 2. The lowest BCUT2D eigenvalue weighted by molar-refractivity contribution is -0.135. The standard InChI is InChI=1S/C10H12O2/c11-9-4-7-2-5-1-6(10(7)12)3-8(5)9/h5-8H,1-4H2. The summed E-state index contributed by atoms with van der Waals surface area (Å²) in [4.78, 5) is 23.1. The number of fused-ring (bicyclic) bond motifs is 2. The van der Waals surface area contributed by atoms with E-state index in [0.29, 0.717) is 23.9 Å². The van der Waals surface area contributed by atoms with Crippen LogP contribution in [0.5, 0.6) is 0 Å². The number of hydrogen-bond donors (Lipinski definition) is 0. The van der Waals surface area contributed by atoms with Crippen molar-refractivity contribution in [2.45, 2.75) is 25.7 Å². The summed E-state index contributed by atoms with van der Waals surface area (Å²) in [5.41, 5.74) is 0. The molecule has 0 spiro atoms. The average Bonchev–Trinajstić information content (AvgIpc) is 2.38. The molecular weight excluding hydrogens is 152 g/mol. The Labute approximate surface area is 71.3 Å². The molecule has 0 aromatic heterocycles. The highest BCUT2D eigenvalue weighted by Gasteiger charge is 2.52. The lowest BCUT2D eigenvalue weighted by Crippen LogP contribution is -2.35. The fourth-order valence-corrected chi connectivity index (χ4v) is 3.41. The van der Waals surface area contributed by atoms with Crippen molar-refractivity contribution in [2.75, 3.05) is 0 Å². The first kappa shape index (κ1) is 6.81. The molecule has 0 aliphatic heterocycles. The van der Waals surface area contributed by atoms with Gasteiger partial charge in [-0.3, -0.25) is 9.59 Å². The van der Waals surface area contributed by atoms with E-state index in [2.05, 4.69) is 0 Å². The molecule has 0 saturated heterocycles. The molecule has 0 aromatic rings. The van der Waals surface area contributed by atoms with Crippen LogP contribution < -0.4 is 0 Å². The van der Waals surface area contributed by atoms with E-state index < -0.39 is 0 Å². The predicted molar refractivity (Wildman–Crippen MR) is 42.4 cm³/mol. The molecule has 0 N–H and O–H groups in total. The van der Waals surface area contributed by atoms with E-state index in [-0.39, 0.29) is 17.8 Å². The molecule has 4 atom stereocenters. The van der Waals surface area contributed by atoms with Crippen molar-refractivity contribution < 1.29 is 9.59 Å². The Morgan fingerprint density at radius 2 is 1.75 bits per heavy atom. The maximum Gasteiger partial charge on any atom is 0.139 e. The van der Waals surface area contributed by atoms with E-state index in [0.717, 1.165) is 19.3 Å². The average molecular weight is 164 g/mol. The molecule has 3 bridgehead atoms. The largest absolute Gasteiger partial charge is 0.299 e. The van der Waals surface area contributed by atoms with Crippen LogP contribution in [0.2, 0.25) is 0 Å². The Bertz CT molecular complexity index is 269. The Kier molecular flexibility index (Phi) is 1.12. The zero-order valence-electron chi connectivity index (χ0n) is 6.95. The highest BCUT2D eigenvalue weighted by Crippen LogP contribution is 2.51. The molecule has 3 fully saturated rings. The minimum atomic E-state index is 0.125. The van der Waals surface area contributed by atoms with Crippen LogP contribution in [0.1, 0.15) is 25.7 Å². The lowest BCUT2D eigenvalue weighted by atomic mass is 9.71. The number of rotatable bonds is 0. The van der Waals surface area contributed by atoms with Crippen molar-refractivity contribution in [3.8, 4) is 0 Å². The summed E-state index contributed by atoms with van der Waals surface area (Å²) >= 11 is 0. The van der Waals surface area contributed by atoms with Crippen LogP contribution in [0, 0.1) is 23.7 Å². The molecule has 3 aliphatic carbocycles. The third-order valence-corrected chi connectivity index (χ3v) is 3.95. The van der Waals surface area contributed by atoms with Crippen LogP contribution in [0.3, 0.4) is 0 Å². The Hall–Kier alpha value is -0.660. The molecule has 0 heterocycles. The summed E-state index contributed by atoms with van der Waals surface area (Å²) < 4.78 is 0. The molecule has 0 aromatic carbocycles. The van der Waals surface area contributed by atoms with Crippen molar-refractivity contribution in [3.63, 3.8) is 0 Å². The fourth-order valence-electron chi connectivity index (χ4n) is 3.41. The zero-order chi connectivity index (χ0) is 8.29. The number of ketones is 2. The van der Waals surface area contributed by atoms with Gasteiger partial charge in [0, 0.05) is 24.2 Å². The molecule has 12 heavy (non-hydrogen) atoms. The van der Waals surface area contributed by atoms with Crippen molar-refractivity contribution in [2.24, 2.45) is 23.7 Å². The minimum Gasteiger partial charge on any atom is -0.299 e. The second-order valence-electron chi connectivity index (χ2n) is 4.54. The van der Waals surface area contributed by atoms with Gasteiger partial charge >= 0.3 is 0 Å². The molecular formula is C10H12O2. The topological polar surface area (TPSA) is 34.1 Å². The van der Waals surface area contributed by atoms with Gasteiger partial charge in [-0.15, -0.1) is 0 Å². The Morgan fingerprint density at radius 3 is 2.58 bits per heavy atom. The van der Waals surface area contributed by atoms with Gasteiger partial charge in [0.05, 0.1) is 0 Å². The molecule has 3 saturated carbocycles. The van der Waals surface area contributed by atoms with E-state index in [4.69, 9.17) is 0 Å². The highest BCUT2D eigenvalue weighted by atomic mass is 16.1. The SMILES string of the molecule is O=C1C2CC(=O)C3CC1CC3C2. The molecule has 64 valence electrons. The van der Waals surface area contributed by atoms with Gasteiger partial charge in [-0.1, -0.05) is 0 Å². The van der Waals surface area contributed by atoms with Gasteiger partial charge in [-0.05, 0) is 25.2 Å². The van der Waals surface area contributed by atoms with E-state index in [1.54, 1.807) is 0 Å². The predicted octanol–water partition coefficient (Wildman–Crippen LogP) is 1.19. The van der Waals surface area contributed by atoms with Crippen LogP contribution in [0.15, 0.2) is 0 Å². The molecule has 0 amide bonds. The monoisotopic (exact) mass is 164 g/mol. The summed E-state index contributed by atoms with van der Waals surface area (Å²) in [5, 5.41) is 0. The number of Topliss-reactive ketones (excluding diaryl/α,β-unsaturated/α-hetero) is 2. The second kappa shape index (κ2) is 1.98. The molecule has 0 radical (unpaired) electrons. The minimum absolute atomic E-state index is 0.125. The number of carbonyl (C=O) groups excluding carboxylic acids is 2. The van der Waals surface area contributed by atoms with E-state index in [1.807, 2.05) is 0 Å². The van der Waals surface area contributed by atoms with Crippen molar-refractivity contribution in [1.82, 2.24) is 0 Å². The van der Waals surface area contributed by atoms with Gasteiger partial charge < -0.3 is 0 Å². The van der Waals surface area contributed by atoms with Crippen molar-refractivity contribution >= 4 is 11.6 Å². The molecule has 2 nitrogen and oxygen atoms in total. The maximum atomic E-state index is 11.6. The zero-order valence-corrected chi connectivity index (χ0v) is 6.95. The van der Waals surface area contributed by atoms with E-state index >= 15 is 0 Å². The van der Waals surface area contributed by atoms with Crippen LogP contribution in [0.4, 0.5) is 0 Å². The van der Waals surface area contributed by atoms with Crippen LogP contribution in [-0.2, 0) is 9.59 Å². The van der Waals surface area contributed by atoms with Gasteiger partial charge in [0.25, 0.3) is 0 Å². The van der Waals surface area contributed by atoms with Gasteiger partial charge in [-0.2, -0.15) is 0 Å². The summed E-state index contributed by atoms with van der Waals surface area (Å²) in [6.45, 7) is 0. The van der Waals surface area contributed by atoms with Crippen LogP contribution >= 0.6 is 0 Å². The highest BCUT2D eigenvalue weighted by molar-refractivity contribution is 5.95. The normalized spacial score (nSPS) is 50.3. The Morgan fingerprint density at radius 1 is 1.00 bits per heavy atom. The van der Waals surface area contributed by atoms with Crippen molar-refractivity contribution in [1.29, 1.82) is 0 Å². The first-order valence-corrected chi connectivity index (χ1v) is 4.82. The summed E-state index contributed by atoms with van der Waals surface area (Å²) in [6.07, 6.45) is 3.49. The van der Waals surface area contributed by atoms with Gasteiger partial charge in [0.1, 0.15) is 11.6 Å². The number of carbonyl (C=O) groups is 2.